The first-order valence-electron chi connectivity index (χ1n) is 6.63. The van der Waals surface area contributed by atoms with Crippen LogP contribution in [0.4, 0.5) is 0 Å². The van der Waals surface area contributed by atoms with E-state index in [-0.39, 0.29) is 24.8 Å². The van der Waals surface area contributed by atoms with Crippen molar-refractivity contribution < 1.29 is 17.4 Å². The van der Waals surface area contributed by atoms with Gasteiger partial charge in [-0.3, -0.25) is 0 Å². The molecule has 110 valence electrons. The second-order valence-electron chi connectivity index (χ2n) is 5.57. The summed E-state index contributed by atoms with van der Waals surface area (Å²) in [5.41, 5.74) is 0. The van der Waals surface area contributed by atoms with Crippen molar-refractivity contribution in [1.29, 1.82) is 0 Å². The zero-order valence-corrected chi connectivity index (χ0v) is 17.4. The van der Waals surface area contributed by atoms with Gasteiger partial charge >= 0.3 is 114 Å². The van der Waals surface area contributed by atoms with Crippen LogP contribution in [0.15, 0.2) is 68.3 Å². The van der Waals surface area contributed by atoms with Crippen LogP contribution in [0.3, 0.4) is 0 Å². The van der Waals surface area contributed by atoms with Crippen LogP contribution in [-0.4, -0.2) is 6.88 Å². The molecule has 0 radical (unpaired) electrons. The number of rotatable bonds is 6. The summed E-state index contributed by atoms with van der Waals surface area (Å²) in [6.07, 6.45) is 20.4. The predicted molar refractivity (Wildman–Crippen MR) is 96.7 cm³/mol. The summed E-state index contributed by atoms with van der Waals surface area (Å²) in [4.78, 5) is 0. The van der Waals surface area contributed by atoms with Gasteiger partial charge in [-0.1, -0.05) is 0 Å². The molecule has 0 aromatic rings. The predicted octanol–water partition coefficient (Wildman–Crippen LogP) is 4.96. The quantitative estimate of drug-likeness (QED) is 0.432. The maximum Gasteiger partial charge on any atom is -0.147 e. The SMILES string of the molecule is C=C[CH2][Zr](=[SiH2])([CH2]C=C)([C]1=CC=CC1)[C]1=CC=CC1.Cl.Cl. The van der Waals surface area contributed by atoms with Crippen molar-refractivity contribution in [3.8, 4) is 0 Å². The third kappa shape index (κ3) is 3.30. The van der Waals surface area contributed by atoms with Crippen LogP contribution in [-0.2, 0) is 17.4 Å². The van der Waals surface area contributed by atoms with Crippen molar-refractivity contribution in [2.24, 2.45) is 0 Å². The zero-order chi connectivity index (χ0) is 13.1. The zero-order valence-electron chi connectivity index (χ0n) is 11.9. The van der Waals surface area contributed by atoms with Crippen molar-refractivity contribution in [3.05, 3.63) is 68.3 Å². The van der Waals surface area contributed by atoms with Gasteiger partial charge in [-0.15, -0.1) is 24.8 Å². The van der Waals surface area contributed by atoms with Crippen molar-refractivity contribution in [3.63, 3.8) is 0 Å². The second kappa shape index (κ2) is 7.94. The summed E-state index contributed by atoms with van der Waals surface area (Å²) in [5.74, 6) is 0. The fourth-order valence-electron chi connectivity index (χ4n) is 3.38. The molecule has 20 heavy (non-hydrogen) atoms. The van der Waals surface area contributed by atoms with Crippen LogP contribution in [0, 0.1) is 0 Å². The molecule has 2 rings (SSSR count). The topological polar surface area (TPSA) is 0 Å². The Morgan fingerprint density at radius 3 is 1.60 bits per heavy atom. The van der Waals surface area contributed by atoms with Crippen LogP contribution < -0.4 is 0 Å². The summed E-state index contributed by atoms with van der Waals surface area (Å²) >= 11 is -3.07. The van der Waals surface area contributed by atoms with E-state index in [1.54, 1.807) is 6.56 Å². The molecule has 0 aliphatic heterocycles. The van der Waals surface area contributed by atoms with E-state index in [9.17, 15) is 0 Å². The molecule has 4 heteroatoms. The summed E-state index contributed by atoms with van der Waals surface area (Å²) in [5, 5.41) is 0. The Morgan fingerprint density at radius 2 is 1.35 bits per heavy atom. The third-order valence-electron chi connectivity index (χ3n) is 4.50. The first-order valence-corrected chi connectivity index (χ1v) is 18.5. The van der Waals surface area contributed by atoms with Crippen LogP contribution in [0.5, 0.6) is 0 Å². The minimum absolute atomic E-state index is 0. The molecule has 0 aromatic carbocycles. The number of halogens is 2. The Bertz CT molecular complexity index is 515. The molecule has 0 heterocycles. The number of hydrogen-bond acceptors (Lipinski definition) is 0. The van der Waals surface area contributed by atoms with E-state index in [2.05, 4.69) is 68.6 Å². The van der Waals surface area contributed by atoms with E-state index in [1.165, 1.54) is 8.26 Å². The Morgan fingerprint density at radius 1 is 0.950 bits per heavy atom. The standard InChI is InChI=1S/2C5H5.2C3H5.2ClH.H2Si.Zr/c2*1-2-4-5-3-1;2*1-3-2;;;;/h2*1-3H,4H2;2*3H,1-2H2;2*1H;1H2;. The fraction of sp³-hybridized carbons (Fsp3) is 0.250. The maximum atomic E-state index is 4.04. The molecule has 0 bridgehead atoms. The van der Waals surface area contributed by atoms with Gasteiger partial charge in [0.1, 0.15) is 0 Å². The molecule has 0 N–H and O–H groups in total. The van der Waals surface area contributed by atoms with Crippen molar-refractivity contribution in [2.45, 2.75) is 21.1 Å². The smallest absolute Gasteiger partial charge is 0.147 e. The average Bonchev–Trinajstić information content (AvgIpc) is 3.04. The largest absolute Gasteiger partial charge is 0.147 e. The summed E-state index contributed by atoms with van der Waals surface area (Å²) in [7, 11) is 0. The van der Waals surface area contributed by atoms with E-state index in [1.807, 2.05) is 0 Å². The van der Waals surface area contributed by atoms with Crippen molar-refractivity contribution in [2.75, 3.05) is 0 Å². The molecular weight excluding hydrogens is 382 g/mol. The summed E-state index contributed by atoms with van der Waals surface area (Å²) in [6, 6.07) is 0. The Kier molecular flexibility index (Phi) is 7.99. The van der Waals surface area contributed by atoms with E-state index in [0.29, 0.717) is 0 Å². The molecule has 0 atom stereocenters. The third-order valence-corrected chi connectivity index (χ3v) is 29.7. The van der Waals surface area contributed by atoms with Crippen molar-refractivity contribution in [1.82, 2.24) is 0 Å². The monoisotopic (exact) mass is 404 g/mol. The first kappa shape index (κ1) is 20.1. The van der Waals surface area contributed by atoms with Gasteiger partial charge in [0.05, 0.1) is 0 Å². The Hall–Kier alpha value is 0.120. The van der Waals surface area contributed by atoms with Crippen LogP contribution in [0.25, 0.3) is 0 Å². The minimum Gasteiger partial charge on any atom is -0.147 e. The van der Waals surface area contributed by atoms with E-state index in [4.69, 9.17) is 0 Å². The molecule has 0 spiro atoms. The van der Waals surface area contributed by atoms with E-state index in [0.717, 1.165) is 12.8 Å². The number of hydrogen-bond donors (Lipinski definition) is 0. The Balaban J connectivity index is 0.00000180. The molecule has 0 amide bonds. The average molecular weight is 407 g/mol. The van der Waals surface area contributed by atoms with Gasteiger partial charge in [0.2, 0.25) is 0 Å². The normalized spacial score (nSPS) is 16.9. The van der Waals surface area contributed by atoms with E-state index < -0.39 is 17.4 Å². The van der Waals surface area contributed by atoms with Gasteiger partial charge in [-0.25, -0.2) is 0 Å². The second-order valence-corrected chi connectivity index (χ2v) is 30.3. The van der Waals surface area contributed by atoms with Gasteiger partial charge in [0, 0.05) is 0 Å². The van der Waals surface area contributed by atoms with Gasteiger partial charge in [0.25, 0.3) is 0 Å². The molecule has 2 aliphatic carbocycles. The molecule has 0 saturated heterocycles. The molecule has 0 fully saturated rings. The summed E-state index contributed by atoms with van der Waals surface area (Å²) < 4.78 is 5.80. The number of allylic oxidation sites excluding steroid dienone is 10. The van der Waals surface area contributed by atoms with Gasteiger partial charge in [-0.05, 0) is 0 Å². The van der Waals surface area contributed by atoms with E-state index >= 15 is 0 Å². The van der Waals surface area contributed by atoms with Gasteiger partial charge in [-0.2, -0.15) is 0 Å². The molecule has 2 aliphatic rings. The maximum absolute atomic E-state index is 4.04. The molecule has 0 saturated carbocycles. The molecule has 0 unspecified atom stereocenters. The van der Waals surface area contributed by atoms with Crippen LogP contribution in [0.2, 0.25) is 8.26 Å². The van der Waals surface area contributed by atoms with Crippen molar-refractivity contribution >= 4 is 31.7 Å². The molecule has 0 nitrogen and oxygen atoms in total. The molecule has 0 aromatic heterocycles. The van der Waals surface area contributed by atoms with Crippen LogP contribution >= 0.6 is 24.8 Å². The minimum atomic E-state index is -3.07. The molecular formula is C16H24Cl2SiZr. The fourth-order valence-corrected chi connectivity index (χ4v) is 22.2. The summed E-state index contributed by atoms with van der Waals surface area (Å²) in [6.45, 7) is 10.4. The van der Waals surface area contributed by atoms with Gasteiger partial charge < -0.3 is 0 Å². The van der Waals surface area contributed by atoms with Gasteiger partial charge in [0.15, 0.2) is 0 Å². The van der Waals surface area contributed by atoms with Crippen LogP contribution in [0.1, 0.15) is 12.8 Å². The first-order chi connectivity index (χ1) is 8.64. The Labute approximate surface area is 137 Å².